The molecule has 0 fully saturated rings. The van der Waals surface area contributed by atoms with Gasteiger partial charge in [-0.05, 0) is 36.8 Å². The Morgan fingerprint density at radius 3 is 1.47 bits per heavy atom. The van der Waals surface area contributed by atoms with E-state index in [0.29, 0.717) is 18.4 Å². The number of carbonyl (C=O) groups excluding carboxylic acids is 2. The molecule has 1 aromatic rings. The summed E-state index contributed by atoms with van der Waals surface area (Å²) < 4.78 is 8.82. The predicted octanol–water partition coefficient (Wildman–Crippen LogP) is 9.42. The molecule has 0 spiro atoms. The second-order valence-electron chi connectivity index (χ2n) is 8.10. The molecule has 1 aromatic carbocycles. The van der Waals surface area contributed by atoms with Crippen LogP contribution >= 0.6 is 46.9 Å². The normalized spacial score (nSPS) is 10.9. The van der Waals surface area contributed by atoms with Crippen LogP contribution in [-0.2, 0) is 21.4 Å². The van der Waals surface area contributed by atoms with Crippen molar-refractivity contribution in [1.82, 2.24) is 0 Å². The van der Waals surface area contributed by atoms with Crippen LogP contribution in [0.15, 0.2) is 0 Å². The van der Waals surface area contributed by atoms with Crippen LogP contribution in [0.3, 0.4) is 0 Å². The van der Waals surface area contributed by atoms with Crippen molar-refractivity contribution < 1.29 is 18.2 Å². The molecule has 8 heteroatoms. The number of hydrogen-bond acceptors (Lipinski definition) is 4. The van der Waals surface area contributed by atoms with Crippen molar-refractivity contribution in [2.24, 2.45) is 0 Å². The number of carbonyl (C=O) groups is 2. The van der Waals surface area contributed by atoms with Gasteiger partial charge in [-0.2, -0.15) is 0 Å². The molecule has 0 aromatic heterocycles. The topological polar surface area (TPSA) is 52.6 Å². The molecular formula is C24H34Cl4O4. The Kier molecular flexibility index (Phi) is 15.5. The van der Waals surface area contributed by atoms with Crippen molar-refractivity contribution >= 4 is 58.9 Å². The fourth-order valence-electron chi connectivity index (χ4n) is 3.98. The Morgan fingerprint density at radius 2 is 1.00 bits per heavy atom. The third-order valence-corrected chi connectivity index (χ3v) is 6.87. The third kappa shape index (κ3) is 8.93. The SMILES string of the molecule is CCCCCCCCc1c(Cl)c(Cl)c(C(=O)OCl)c(C(=O)OCl)c1CCCCCCCC. The average molecular weight is 528 g/mol. The van der Waals surface area contributed by atoms with Crippen LogP contribution in [0.1, 0.15) is 123 Å². The zero-order chi connectivity index (χ0) is 23.9. The third-order valence-electron chi connectivity index (χ3n) is 5.70. The predicted molar refractivity (Wildman–Crippen MR) is 133 cm³/mol. The molecular weight excluding hydrogens is 494 g/mol. The minimum absolute atomic E-state index is 0.00501. The van der Waals surface area contributed by atoms with E-state index >= 15 is 0 Å². The van der Waals surface area contributed by atoms with Gasteiger partial charge in [-0.1, -0.05) is 101 Å². The second kappa shape index (κ2) is 16.9. The molecule has 0 atom stereocenters. The summed E-state index contributed by atoms with van der Waals surface area (Å²) in [6.45, 7) is 4.35. The van der Waals surface area contributed by atoms with Crippen LogP contribution in [0.4, 0.5) is 0 Å². The Bertz CT molecular complexity index is 737. The van der Waals surface area contributed by atoms with E-state index in [1.807, 2.05) is 0 Å². The smallest absolute Gasteiger partial charge is 0.343 e. The molecule has 32 heavy (non-hydrogen) atoms. The van der Waals surface area contributed by atoms with Gasteiger partial charge in [0.25, 0.3) is 0 Å². The molecule has 0 heterocycles. The maximum atomic E-state index is 12.6. The van der Waals surface area contributed by atoms with Gasteiger partial charge in [-0.3, -0.25) is 0 Å². The average Bonchev–Trinajstić information content (AvgIpc) is 2.80. The first-order valence-electron chi connectivity index (χ1n) is 11.6. The summed E-state index contributed by atoms with van der Waals surface area (Å²) in [6, 6.07) is 0. The Morgan fingerprint density at radius 1 is 0.594 bits per heavy atom. The molecule has 0 aliphatic rings. The summed E-state index contributed by atoms with van der Waals surface area (Å²) in [6.07, 6.45) is 14.4. The monoisotopic (exact) mass is 526 g/mol. The van der Waals surface area contributed by atoms with Crippen molar-refractivity contribution in [3.63, 3.8) is 0 Å². The fraction of sp³-hybridized carbons (Fsp3) is 0.667. The minimum atomic E-state index is -0.967. The van der Waals surface area contributed by atoms with Crippen LogP contribution < -0.4 is 0 Å². The highest BCUT2D eigenvalue weighted by atomic mass is 35.5. The summed E-state index contributed by atoms with van der Waals surface area (Å²) in [5, 5.41) is 0.187. The lowest BCUT2D eigenvalue weighted by Gasteiger charge is -2.19. The highest BCUT2D eigenvalue weighted by molar-refractivity contribution is 6.45. The highest BCUT2D eigenvalue weighted by Crippen LogP contribution is 2.39. The number of rotatable bonds is 16. The molecule has 0 saturated carbocycles. The first kappa shape index (κ1) is 29.4. The number of hydrogen-bond donors (Lipinski definition) is 0. The summed E-state index contributed by atoms with van der Waals surface area (Å²) >= 11 is 23.7. The zero-order valence-corrected chi connectivity index (χ0v) is 22.1. The molecule has 0 amide bonds. The van der Waals surface area contributed by atoms with Crippen LogP contribution in [0.5, 0.6) is 0 Å². The van der Waals surface area contributed by atoms with E-state index in [1.165, 1.54) is 38.5 Å². The number of halogens is 4. The first-order chi connectivity index (χ1) is 15.4. The maximum Gasteiger partial charge on any atom is 0.358 e. The molecule has 0 unspecified atom stereocenters. The summed E-state index contributed by atoms with van der Waals surface area (Å²) in [7, 11) is 0. The molecule has 1 rings (SSSR count). The Labute approximate surface area is 212 Å². The second-order valence-corrected chi connectivity index (χ2v) is 9.16. The Balaban J connectivity index is 3.26. The highest BCUT2D eigenvalue weighted by Gasteiger charge is 2.31. The first-order valence-corrected chi connectivity index (χ1v) is 13.0. The van der Waals surface area contributed by atoms with Gasteiger partial charge in [0.15, 0.2) is 0 Å². The minimum Gasteiger partial charge on any atom is -0.343 e. The fourth-order valence-corrected chi connectivity index (χ4v) is 4.72. The molecule has 0 aliphatic carbocycles. The standard InChI is InChI=1S/C24H34Cl4O4/c1-3-5-7-9-11-13-15-17-18(16-14-12-10-8-6-4-2)21(25)22(26)20(24(30)32-28)19(17)23(29)31-27/h3-16H2,1-2H3. The van der Waals surface area contributed by atoms with Crippen LogP contribution in [0.2, 0.25) is 10.0 Å². The van der Waals surface area contributed by atoms with Crippen LogP contribution in [0.25, 0.3) is 0 Å². The lowest BCUT2D eigenvalue weighted by molar-refractivity contribution is 0.0708. The van der Waals surface area contributed by atoms with E-state index in [0.717, 1.165) is 44.1 Å². The maximum absolute atomic E-state index is 12.6. The molecule has 0 radical (unpaired) electrons. The molecule has 0 bridgehead atoms. The van der Waals surface area contributed by atoms with E-state index in [2.05, 4.69) is 22.4 Å². The summed E-state index contributed by atoms with van der Waals surface area (Å²) in [5.74, 6) is -1.83. The van der Waals surface area contributed by atoms with E-state index in [-0.39, 0.29) is 21.2 Å². The van der Waals surface area contributed by atoms with Crippen LogP contribution in [0, 0.1) is 0 Å². The van der Waals surface area contributed by atoms with Crippen molar-refractivity contribution in [3.8, 4) is 0 Å². The molecule has 0 N–H and O–H groups in total. The van der Waals surface area contributed by atoms with Crippen molar-refractivity contribution in [1.29, 1.82) is 0 Å². The molecule has 182 valence electrons. The lowest BCUT2D eigenvalue weighted by atomic mass is 9.89. The molecule has 0 aliphatic heterocycles. The number of unbranched alkanes of at least 4 members (excludes halogenated alkanes) is 10. The molecule has 0 saturated heterocycles. The van der Waals surface area contributed by atoms with E-state index in [9.17, 15) is 9.59 Å². The van der Waals surface area contributed by atoms with Crippen molar-refractivity contribution in [3.05, 3.63) is 32.3 Å². The Hall–Kier alpha value is -0.680. The lowest BCUT2D eigenvalue weighted by Crippen LogP contribution is -2.17. The van der Waals surface area contributed by atoms with Crippen molar-refractivity contribution in [2.45, 2.75) is 104 Å². The van der Waals surface area contributed by atoms with Gasteiger partial charge in [0.05, 0.1) is 21.2 Å². The van der Waals surface area contributed by atoms with E-state index < -0.39 is 11.9 Å². The van der Waals surface area contributed by atoms with Crippen molar-refractivity contribution in [2.75, 3.05) is 0 Å². The van der Waals surface area contributed by atoms with Gasteiger partial charge in [-0.15, -0.1) is 0 Å². The van der Waals surface area contributed by atoms with Gasteiger partial charge in [0, 0.05) is 0 Å². The summed E-state index contributed by atoms with van der Waals surface area (Å²) in [5.41, 5.74) is 1.20. The van der Waals surface area contributed by atoms with E-state index in [4.69, 9.17) is 46.9 Å². The zero-order valence-electron chi connectivity index (χ0n) is 19.0. The summed E-state index contributed by atoms with van der Waals surface area (Å²) in [4.78, 5) is 25.0. The van der Waals surface area contributed by atoms with Gasteiger partial charge < -0.3 is 8.58 Å². The van der Waals surface area contributed by atoms with Gasteiger partial charge in [0.2, 0.25) is 0 Å². The number of benzene rings is 1. The largest absolute Gasteiger partial charge is 0.358 e. The van der Waals surface area contributed by atoms with Crippen LogP contribution in [-0.4, -0.2) is 11.9 Å². The van der Waals surface area contributed by atoms with Gasteiger partial charge in [-0.25, -0.2) is 9.59 Å². The van der Waals surface area contributed by atoms with Gasteiger partial charge in [0.1, 0.15) is 23.7 Å². The van der Waals surface area contributed by atoms with E-state index in [1.54, 1.807) is 0 Å². The van der Waals surface area contributed by atoms with Gasteiger partial charge >= 0.3 is 11.9 Å². The molecule has 4 nitrogen and oxygen atoms in total. The quantitative estimate of drug-likeness (QED) is 0.201.